The highest BCUT2D eigenvalue weighted by molar-refractivity contribution is 7.71. The molecule has 1 aliphatic carbocycles. The Bertz CT molecular complexity index is 658. The van der Waals surface area contributed by atoms with Crippen LogP contribution in [0.2, 0.25) is 0 Å². The number of fused-ring (bicyclic) bond motifs is 1. The monoisotopic (exact) mass is 306 g/mol. The Morgan fingerprint density at radius 1 is 1.33 bits per heavy atom. The van der Waals surface area contributed by atoms with Crippen molar-refractivity contribution in [3.63, 3.8) is 0 Å². The van der Waals surface area contributed by atoms with Crippen LogP contribution in [0.4, 0.5) is 0 Å². The molecule has 0 unspecified atom stereocenters. The summed E-state index contributed by atoms with van der Waals surface area (Å²) in [6.07, 6.45) is 3.64. The minimum absolute atomic E-state index is 0.706. The van der Waals surface area contributed by atoms with Crippen molar-refractivity contribution in [2.24, 2.45) is 5.92 Å². The third-order valence-corrected chi connectivity index (χ3v) is 4.07. The van der Waals surface area contributed by atoms with Gasteiger partial charge in [-0.05, 0) is 49.5 Å². The van der Waals surface area contributed by atoms with Crippen LogP contribution in [0, 0.1) is 10.7 Å². The molecular weight excluding hydrogens is 284 g/mol. The van der Waals surface area contributed by atoms with E-state index in [-0.39, 0.29) is 0 Å². The zero-order chi connectivity index (χ0) is 14.7. The van der Waals surface area contributed by atoms with E-state index in [0.29, 0.717) is 6.61 Å². The number of hydrogen-bond donors (Lipinski definition) is 1. The summed E-state index contributed by atoms with van der Waals surface area (Å²) in [5.41, 5.74) is 2.07. The van der Waals surface area contributed by atoms with Gasteiger partial charge in [0.25, 0.3) is 0 Å². The van der Waals surface area contributed by atoms with Gasteiger partial charge in [-0.2, -0.15) is 0 Å². The fourth-order valence-corrected chi connectivity index (χ4v) is 2.69. The maximum atomic E-state index is 5.78. The van der Waals surface area contributed by atoms with Gasteiger partial charge in [0.2, 0.25) is 0 Å². The van der Waals surface area contributed by atoms with Crippen molar-refractivity contribution in [1.82, 2.24) is 9.55 Å². The molecule has 1 heterocycles. The molecule has 1 saturated carbocycles. The van der Waals surface area contributed by atoms with Gasteiger partial charge < -0.3 is 19.0 Å². The van der Waals surface area contributed by atoms with Crippen LogP contribution in [-0.2, 0) is 11.3 Å². The fourth-order valence-electron chi connectivity index (χ4n) is 2.40. The highest BCUT2D eigenvalue weighted by atomic mass is 32.1. The van der Waals surface area contributed by atoms with Gasteiger partial charge in [0.1, 0.15) is 11.3 Å². The lowest BCUT2D eigenvalue weighted by atomic mass is 10.3. The first kappa shape index (κ1) is 14.6. The molecule has 0 aliphatic heterocycles. The minimum atomic E-state index is 0.706. The zero-order valence-electron chi connectivity index (χ0n) is 12.4. The van der Waals surface area contributed by atoms with E-state index in [9.17, 15) is 0 Å². The fraction of sp³-hybridized carbons (Fsp3) is 0.562. The highest BCUT2D eigenvalue weighted by Gasteiger charge is 2.21. The number of ether oxygens (including phenoxy) is 2. The molecule has 4 nitrogen and oxygen atoms in total. The van der Waals surface area contributed by atoms with Gasteiger partial charge in [0.05, 0.1) is 18.7 Å². The van der Waals surface area contributed by atoms with E-state index in [4.69, 9.17) is 21.7 Å². The van der Waals surface area contributed by atoms with Crippen LogP contribution in [0.3, 0.4) is 0 Å². The lowest BCUT2D eigenvalue weighted by Gasteiger charge is -2.07. The molecule has 1 fully saturated rings. The second kappa shape index (κ2) is 6.62. The first-order valence-corrected chi connectivity index (χ1v) is 8.12. The van der Waals surface area contributed by atoms with Crippen molar-refractivity contribution in [3.8, 4) is 5.75 Å². The number of nitrogens with zero attached hydrogens (tertiary/aromatic N) is 1. The van der Waals surface area contributed by atoms with E-state index >= 15 is 0 Å². The lowest BCUT2D eigenvalue weighted by molar-refractivity contribution is 0.117. The molecular formula is C16H22N2O2S. The summed E-state index contributed by atoms with van der Waals surface area (Å²) in [5.74, 6) is 1.67. The van der Waals surface area contributed by atoms with Gasteiger partial charge in [0.15, 0.2) is 4.77 Å². The predicted molar refractivity (Wildman–Crippen MR) is 86.5 cm³/mol. The Labute approximate surface area is 130 Å². The summed E-state index contributed by atoms with van der Waals surface area (Å²) in [5, 5.41) is 0. The average Bonchev–Trinajstić information content (AvgIpc) is 3.25. The number of rotatable bonds is 8. The lowest BCUT2D eigenvalue weighted by Crippen LogP contribution is -2.07. The first-order valence-electron chi connectivity index (χ1n) is 7.71. The third-order valence-electron chi connectivity index (χ3n) is 3.74. The van der Waals surface area contributed by atoms with Crippen LogP contribution in [0.1, 0.15) is 26.2 Å². The SMILES string of the molecule is CCCOc1cccc2c1[nH]c(=S)n2CCOCC1CC1. The molecule has 114 valence electrons. The van der Waals surface area contributed by atoms with E-state index in [1.165, 1.54) is 12.8 Å². The zero-order valence-corrected chi connectivity index (χ0v) is 13.2. The Balaban J connectivity index is 1.74. The van der Waals surface area contributed by atoms with Gasteiger partial charge in [-0.15, -0.1) is 0 Å². The van der Waals surface area contributed by atoms with E-state index in [1.54, 1.807) is 0 Å². The molecule has 0 atom stereocenters. The molecule has 21 heavy (non-hydrogen) atoms. The van der Waals surface area contributed by atoms with Crippen molar-refractivity contribution in [1.29, 1.82) is 0 Å². The number of nitrogens with one attached hydrogen (secondary N) is 1. The number of benzene rings is 1. The Morgan fingerprint density at radius 2 is 2.19 bits per heavy atom. The van der Waals surface area contributed by atoms with Gasteiger partial charge >= 0.3 is 0 Å². The number of imidazole rings is 1. The summed E-state index contributed by atoms with van der Waals surface area (Å²) in [6.45, 7) is 5.20. The molecule has 1 aromatic carbocycles. The van der Waals surface area contributed by atoms with Crippen molar-refractivity contribution in [3.05, 3.63) is 23.0 Å². The number of para-hydroxylation sites is 1. The normalized spacial score (nSPS) is 14.7. The molecule has 1 aliphatic rings. The molecule has 3 rings (SSSR count). The molecule has 1 N–H and O–H groups in total. The predicted octanol–water partition coefficient (Wildman–Crippen LogP) is 3.91. The standard InChI is InChI=1S/C16H22N2O2S/c1-2-9-20-14-5-3-4-13-15(14)17-16(21)18(13)8-10-19-11-12-6-7-12/h3-5,12H,2,6-11H2,1H3,(H,17,21). The summed E-state index contributed by atoms with van der Waals surface area (Å²) in [7, 11) is 0. The van der Waals surface area contributed by atoms with Crippen LogP contribution >= 0.6 is 12.2 Å². The molecule has 0 spiro atoms. The number of hydrogen-bond acceptors (Lipinski definition) is 3. The molecule has 5 heteroatoms. The minimum Gasteiger partial charge on any atom is -0.491 e. The number of aromatic nitrogens is 2. The van der Waals surface area contributed by atoms with Gasteiger partial charge in [-0.25, -0.2) is 0 Å². The van der Waals surface area contributed by atoms with Crippen LogP contribution in [0.15, 0.2) is 18.2 Å². The molecule has 0 saturated heterocycles. The van der Waals surface area contributed by atoms with Gasteiger partial charge in [-0.1, -0.05) is 13.0 Å². The molecule has 0 radical (unpaired) electrons. The smallest absolute Gasteiger partial charge is 0.178 e. The number of aromatic amines is 1. The quantitative estimate of drug-likeness (QED) is 0.593. The second-order valence-corrected chi connectivity index (χ2v) is 5.99. The summed E-state index contributed by atoms with van der Waals surface area (Å²) in [6, 6.07) is 6.07. The molecule has 0 bridgehead atoms. The first-order chi connectivity index (χ1) is 10.3. The maximum absolute atomic E-state index is 5.78. The van der Waals surface area contributed by atoms with Crippen LogP contribution in [0.25, 0.3) is 11.0 Å². The van der Waals surface area contributed by atoms with Crippen molar-refractivity contribution in [2.45, 2.75) is 32.7 Å². The van der Waals surface area contributed by atoms with Crippen LogP contribution < -0.4 is 4.74 Å². The average molecular weight is 306 g/mol. The van der Waals surface area contributed by atoms with E-state index in [2.05, 4.69) is 22.5 Å². The Kier molecular flexibility index (Phi) is 4.60. The second-order valence-electron chi connectivity index (χ2n) is 5.60. The highest BCUT2D eigenvalue weighted by Crippen LogP contribution is 2.29. The van der Waals surface area contributed by atoms with E-state index in [0.717, 1.165) is 53.7 Å². The van der Waals surface area contributed by atoms with Crippen molar-refractivity contribution >= 4 is 23.3 Å². The van der Waals surface area contributed by atoms with Gasteiger partial charge in [0, 0.05) is 13.2 Å². The molecule has 0 amide bonds. The number of H-pyrrole nitrogens is 1. The topological polar surface area (TPSA) is 39.2 Å². The maximum Gasteiger partial charge on any atom is 0.178 e. The van der Waals surface area contributed by atoms with Crippen LogP contribution in [-0.4, -0.2) is 29.4 Å². The Hall–Kier alpha value is -1.33. The molecule has 1 aromatic heterocycles. The third kappa shape index (κ3) is 3.47. The summed E-state index contributed by atoms with van der Waals surface area (Å²) in [4.78, 5) is 3.26. The largest absolute Gasteiger partial charge is 0.491 e. The Morgan fingerprint density at radius 3 is 2.95 bits per heavy atom. The van der Waals surface area contributed by atoms with E-state index in [1.807, 2.05) is 12.1 Å². The molecule has 2 aromatic rings. The van der Waals surface area contributed by atoms with Crippen molar-refractivity contribution in [2.75, 3.05) is 19.8 Å². The van der Waals surface area contributed by atoms with Gasteiger partial charge in [-0.3, -0.25) is 0 Å². The van der Waals surface area contributed by atoms with Crippen molar-refractivity contribution < 1.29 is 9.47 Å². The summed E-state index contributed by atoms with van der Waals surface area (Å²) < 4.78 is 14.3. The summed E-state index contributed by atoms with van der Waals surface area (Å²) >= 11 is 5.43. The van der Waals surface area contributed by atoms with E-state index < -0.39 is 0 Å². The van der Waals surface area contributed by atoms with Crippen LogP contribution in [0.5, 0.6) is 5.75 Å².